The van der Waals surface area contributed by atoms with Gasteiger partial charge in [0.25, 0.3) is 0 Å². The molecule has 0 aliphatic carbocycles. The predicted octanol–water partition coefficient (Wildman–Crippen LogP) is 4.58. The van der Waals surface area contributed by atoms with E-state index in [9.17, 15) is 0 Å². The Morgan fingerprint density at radius 2 is 1.10 bits per heavy atom. The van der Waals surface area contributed by atoms with E-state index in [-0.39, 0.29) is 5.88 Å². The highest BCUT2D eigenvalue weighted by Gasteiger charge is 2.16. The molecule has 10 heavy (non-hydrogen) atoms. The Morgan fingerprint density at radius 3 is 1.10 bits per heavy atom. The third-order valence-electron chi connectivity index (χ3n) is 0.152. The number of alkyl halides is 7. The van der Waals surface area contributed by atoms with Gasteiger partial charge in [0.1, 0.15) is 0 Å². The Kier molecular flexibility index (Phi) is 11.2. The first kappa shape index (κ1) is 14.5. The Balaban J connectivity index is 0. The summed E-state index contributed by atoms with van der Waals surface area (Å²) in [5.74, 6) is 0.0394. The van der Waals surface area contributed by atoms with Gasteiger partial charge in [-0.15, -0.1) is 11.6 Å². The Labute approximate surface area is 94.6 Å². The number of rotatable bonds is 0. The molecule has 0 atom stereocenters. The monoisotopic (exact) mass is 284 g/mol. The molecule has 0 saturated heterocycles. The summed E-state index contributed by atoms with van der Waals surface area (Å²) in [4.78, 5) is 0. The molecule has 0 spiro atoms. The van der Waals surface area contributed by atoms with Gasteiger partial charge >= 0.3 is 0 Å². The lowest BCUT2D eigenvalue weighted by atomic mass is 10.9. The van der Waals surface area contributed by atoms with E-state index in [0.29, 0.717) is 0 Å². The van der Waals surface area contributed by atoms with Gasteiger partial charge in [-0.1, -0.05) is 69.6 Å². The van der Waals surface area contributed by atoms with Crippen LogP contribution in [0.5, 0.6) is 0 Å². The second-order valence-electron chi connectivity index (χ2n) is 0.996. The molecule has 0 rings (SSSR count). The highest BCUT2D eigenvalue weighted by atomic mass is 35.6. The quantitative estimate of drug-likeness (QED) is 0.572. The predicted molar refractivity (Wildman–Crippen MR) is 52.4 cm³/mol. The van der Waals surface area contributed by atoms with Crippen molar-refractivity contribution in [2.45, 2.75) is 8.09 Å². The van der Waals surface area contributed by atoms with Crippen molar-refractivity contribution in [3.63, 3.8) is 0 Å². The molecule has 0 saturated carbocycles. The number of hydrogen-bond acceptors (Lipinski definition) is 0. The Hall–Kier alpha value is 2.03. The zero-order valence-corrected chi connectivity index (χ0v) is 9.72. The fraction of sp³-hybridized carbons (Fsp3) is 1.00. The van der Waals surface area contributed by atoms with Crippen LogP contribution in [-0.2, 0) is 0 Å². The summed E-state index contributed by atoms with van der Waals surface area (Å²) in [6.45, 7) is 0. The molecule has 0 unspecified atom stereocenters. The van der Waals surface area contributed by atoms with Gasteiger partial charge in [0, 0.05) is 0 Å². The zero-order chi connectivity index (χ0) is 8.78. The van der Waals surface area contributed by atoms with Crippen molar-refractivity contribution in [2.24, 2.45) is 0 Å². The Bertz CT molecular complexity index is 61.0. The SMILES string of the molecule is ClC(Cl)Cl.ClCC(Cl)(Cl)Cl. The first-order chi connectivity index (χ1) is 4.29. The molecular weight excluding hydrogens is 284 g/mol. The summed E-state index contributed by atoms with van der Waals surface area (Å²) in [6.07, 6.45) is 0. The van der Waals surface area contributed by atoms with Gasteiger partial charge in [-0.3, -0.25) is 0 Å². The van der Waals surface area contributed by atoms with Crippen LogP contribution in [0, 0.1) is 0 Å². The minimum atomic E-state index is -1.28. The van der Waals surface area contributed by atoms with E-state index in [4.69, 9.17) is 81.2 Å². The fourth-order valence-electron chi connectivity index (χ4n) is 0. The van der Waals surface area contributed by atoms with Gasteiger partial charge in [-0.25, -0.2) is 0 Å². The van der Waals surface area contributed by atoms with Crippen molar-refractivity contribution in [2.75, 3.05) is 5.88 Å². The molecule has 0 aromatic rings. The topological polar surface area (TPSA) is 0 Å². The molecule has 64 valence electrons. The van der Waals surface area contributed by atoms with E-state index in [1.165, 1.54) is 0 Å². The average Bonchev–Trinajstić information content (AvgIpc) is 1.63. The van der Waals surface area contributed by atoms with Crippen molar-refractivity contribution < 1.29 is 0 Å². The van der Waals surface area contributed by atoms with Crippen LogP contribution in [0.3, 0.4) is 0 Å². The van der Waals surface area contributed by atoms with Gasteiger partial charge in [0.2, 0.25) is 3.79 Å². The van der Waals surface area contributed by atoms with Crippen LogP contribution >= 0.6 is 81.2 Å². The van der Waals surface area contributed by atoms with Crippen molar-refractivity contribution in [1.29, 1.82) is 0 Å². The summed E-state index contributed by atoms with van der Waals surface area (Å²) in [5, 5.41) is 0. The van der Waals surface area contributed by atoms with Crippen LogP contribution in [0.4, 0.5) is 0 Å². The molecule has 0 aliphatic rings. The maximum atomic E-state index is 5.12. The molecule has 0 heterocycles. The molecule has 0 aromatic heterocycles. The summed E-state index contributed by atoms with van der Waals surface area (Å²) < 4.78 is -2.03. The number of halogens is 7. The molecule has 0 N–H and O–H groups in total. The lowest BCUT2D eigenvalue weighted by Gasteiger charge is -2.00. The minimum Gasteiger partial charge on any atom is -0.122 e. The molecule has 0 aliphatic heterocycles. The van der Waals surface area contributed by atoms with Crippen molar-refractivity contribution in [1.82, 2.24) is 0 Å². The fourth-order valence-corrected chi connectivity index (χ4v) is 0. The summed E-state index contributed by atoms with van der Waals surface area (Å²) >= 11 is 34.8. The smallest absolute Gasteiger partial charge is 0.122 e. The number of hydrogen-bond donors (Lipinski definition) is 0. The van der Waals surface area contributed by atoms with Crippen LogP contribution in [0.25, 0.3) is 0 Å². The molecule has 0 fully saturated rings. The minimum absolute atomic E-state index is 0.0394. The van der Waals surface area contributed by atoms with Crippen molar-refractivity contribution in [3.05, 3.63) is 0 Å². The van der Waals surface area contributed by atoms with Crippen molar-refractivity contribution in [3.8, 4) is 0 Å². The normalized spacial score (nSPS) is 10.8. The second-order valence-corrected chi connectivity index (χ2v) is 5.76. The van der Waals surface area contributed by atoms with Gasteiger partial charge in [0.15, 0.2) is 4.30 Å². The van der Waals surface area contributed by atoms with Crippen LogP contribution in [-0.4, -0.2) is 14.0 Å². The van der Waals surface area contributed by atoms with Crippen LogP contribution in [0.2, 0.25) is 0 Å². The molecule has 0 bridgehead atoms. The average molecular weight is 287 g/mol. The standard InChI is InChI=1S/C2H2Cl4.CHCl3/c3-1-2(4,5)6;2-1(3)4/h1H2;1H. The lowest BCUT2D eigenvalue weighted by Crippen LogP contribution is -2.01. The van der Waals surface area contributed by atoms with Gasteiger partial charge in [-0.05, 0) is 0 Å². The summed E-state index contributed by atoms with van der Waals surface area (Å²) in [6, 6.07) is 0. The van der Waals surface area contributed by atoms with Gasteiger partial charge < -0.3 is 0 Å². The second kappa shape index (κ2) is 7.67. The van der Waals surface area contributed by atoms with Crippen LogP contribution < -0.4 is 0 Å². The van der Waals surface area contributed by atoms with E-state index < -0.39 is 8.09 Å². The highest BCUT2D eigenvalue weighted by Crippen LogP contribution is 2.26. The van der Waals surface area contributed by atoms with Crippen LogP contribution in [0.15, 0.2) is 0 Å². The lowest BCUT2D eigenvalue weighted by molar-refractivity contribution is 1.28. The molecular formula is C3H3Cl7. The van der Waals surface area contributed by atoms with E-state index in [0.717, 1.165) is 0 Å². The van der Waals surface area contributed by atoms with Gasteiger partial charge in [0.05, 0.1) is 5.88 Å². The van der Waals surface area contributed by atoms with E-state index in [1.807, 2.05) is 0 Å². The first-order valence-electron chi connectivity index (χ1n) is 1.84. The van der Waals surface area contributed by atoms with E-state index in [2.05, 4.69) is 0 Å². The third-order valence-corrected chi connectivity index (χ3v) is 1.36. The van der Waals surface area contributed by atoms with E-state index >= 15 is 0 Å². The molecule has 0 amide bonds. The zero-order valence-electron chi connectivity index (χ0n) is 4.43. The van der Waals surface area contributed by atoms with Crippen LogP contribution in [0.1, 0.15) is 0 Å². The van der Waals surface area contributed by atoms with Gasteiger partial charge in [-0.2, -0.15) is 0 Å². The maximum Gasteiger partial charge on any atom is 0.203 e. The summed E-state index contributed by atoms with van der Waals surface area (Å²) in [5.41, 5.74) is 0. The Morgan fingerprint density at radius 1 is 1.00 bits per heavy atom. The third kappa shape index (κ3) is 32.3. The maximum absolute atomic E-state index is 5.12. The largest absolute Gasteiger partial charge is 0.203 e. The molecule has 0 aromatic carbocycles. The highest BCUT2D eigenvalue weighted by molar-refractivity contribution is 6.69. The molecule has 0 radical (unpaired) electrons. The molecule has 7 heteroatoms. The molecule has 0 nitrogen and oxygen atoms in total. The van der Waals surface area contributed by atoms with E-state index in [1.54, 1.807) is 0 Å². The first-order valence-corrected chi connectivity index (χ1v) is 4.82. The summed E-state index contributed by atoms with van der Waals surface area (Å²) in [7, 11) is 0. The van der Waals surface area contributed by atoms with Crippen molar-refractivity contribution >= 4 is 81.2 Å².